The Morgan fingerprint density at radius 3 is 0.920 bits per heavy atom. The fraction of sp³-hybridized carbons (Fsp3) is 0.872. The summed E-state index contributed by atoms with van der Waals surface area (Å²) < 4.78 is 34.8. The summed E-state index contributed by atoms with van der Waals surface area (Å²) in [6.07, 6.45) is 91.0. The summed E-state index contributed by atoms with van der Waals surface area (Å²) in [5, 5.41) is 0. The van der Waals surface area contributed by atoms with Crippen LogP contribution in [0.15, 0.2) is 48.6 Å². The number of ether oxygens (including phenoxy) is 2. The number of phosphoric acid groups is 1. The fourth-order valence-electron chi connectivity index (χ4n) is 11.4. The van der Waals surface area contributed by atoms with Gasteiger partial charge in [-0.2, -0.15) is 0 Å². The van der Waals surface area contributed by atoms with Crippen molar-refractivity contribution in [2.75, 3.05) is 47.5 Å². The Kier molecular flexibility index (Phi) is 67.7. The van der Waals surface area contributed by atoms with Crippen molar-refractivity contribution in [3.63, 3.8) is 0 Å². The predicted molar refractivity (Wildman–Crippen MR) is 381 cm³/mol. The minimum Gasteiger partial charge on any atom is -0.462 e. The van der Waals surface area contributed by atoms with Gasteiger partial charge >= 0.3 is 19.8 Å². The Balaban J connectivity index is 3.94. The van der Waals surface area contributed by atoms with Crippen LogP contribution in [0.3, 0.4) is 0 Å². The second kappa shape index (κ2) is 69.3. The lowest BCUT2D eigenvalue weighted by Gasteiger charge is -2.24. The van der Waals surface area contributed by atoms with E-state index in [1.165, 1.54) is 308 Å². The van der Waals surface area contributed by atoms with E-state index in [4.69, 9.17) is 18.5 Å². The van der Waals surface area contributed by atoms with Gasteiger partial charge in [-0.3, -0.25) is 18.6 Å². The maximum Gasteiger partial charge on any atom is 0.472 e. The van der Waals surface area contributed by atoms with Gasteiger partial charge in [0.2, 0.25) is 0 Å². The van der Waals surface area contributed by atoms with Crippen LogP contribution in [0.5, 0.6) is 0 Å². The first-order valence-corrected chi connectivity index (χ1v) is 39.9. The Labute approximate surface area is 547 Å². The van der Waals surface area contributed by atoms with Gasteiger partial charge in [0.05, 0.1) is 27.7 Å². The molecule has 0 heterocycles. The first-order valence-electron chi connectivity index (χ1n) is 38.4. The number of carbonyl (C=O) groups excluding carboxylic acids is 2. The van der Waals surface area contributed by atoms with Gasteiger partial charge in [0, 0.05) is 12.8 Å². The van der Waals surface area contributed by atoms with Gasteiger partial charge in [0.15, 0.2) is 6.10 Å². The Bertz CT molecular complexity index is 1620. The number of hydrogen-bond donors (Lipinski definition) is 1. The molecule has 0 saturated heterocycles. The number of nitrogens with zero attached hydrogens (tertiary/aromatic N) is 1. The lowest BCUT2D eigenvalue weighted by Crippen LogP contribution is -2.37. The summed E-state index contributed by atoms with van der Waals surface area (Å²) in [6.45, 7) is 4.49. The van der Waals surface area contributed by atoms with Crippen LogP contribution in [-0.2, 0) is 32.7 Å². The summed E-state index contributed by atoms with van der Waals surface area (Å²) in [6, 6.07) is 0. The molecule has 0 bridgehead atoms. The molecule has 0 fully saturated rings. The minimum atomic E-state index is -4.39. The third-order valence-electron chi connectivity index (χ3n) is 17.3. The van der Waals surface area contributed by atoms with E-state index in [-0.39, 0.29) is 25.6 Å². The van der Waals surface area contributed by atoms with Crippen molar-refractivity contribution >= 4 is 19.8 Å². The summed E-state index contributed by atoms with van der Waals surface area (Å²) in [4.78, 5) is 35.9. The molecule has 0 aromatic carbocycles. The predicted octanol–water partition coefficient (Wildman–Crippen LogP) is 25.2. The van der Waals surface area contributed by atoms with Gasteiger partial charge < -0.3 is 18.9 Å². The molecule has 0 amide bonds. The molecule has 2 unspecified atom stereocenters. The number of allylic oxidation sites excluding steroid dienone is 8. The van der Waals surface area contributed by atoms with Crippen molar-refractivity contribution in [3.05, 3.63) is 48.6 Å². The zero-order chi connectivity index (χ0) is 64.1. The summed E-state index contributed by atoms with van der Waals surface area (Å²) in [5.41, 5.74) is 0. The van der Waals surface area contributed by atoms with Crippen LogP contribution >= 0.6 is 7.82 Å². The van der Waals surface area contributed by atoms with Gasteiger partial charge in [-0.25, -0.2) is 4.57 Å². The lowest BCUT2D eigenvalue weighted by atomic mass is 10.0. The number of rotatable bonds is 72. The number of esters is 2. The van der Waals surface area contributed by atoms with Crippen molar-refractivity contribution in [1.82, 2.24) is 0 Å². The standard InChI is InChI=1S/C78H148NO8P/c1-6-8-10-12-14-16-18-20-22-24-26-28-30-32-34-35-36-37-38-39-40-41-42-43-45-47-49-51-53-55-57-59-61-63-65-67-69-71-78(81)87-76(75-86-88(82,83)85-73-72-79(3,4)5)74-84-77(80)70-68-66-64-62-60-58-56-54-52-50-48-46-44-33-31-29-27-25-23-21-19-17-15-13-11-9-7-2/h18,20,24-27,30,32,76H,6-17,19,21-23,28-29,31,33-75H2,1-5H3/p+1/b20-18-,26-24-,27-25-,32-30-. The van der Waals surface area contributed by atoms with E-state index in [0.29, 0.717) is 23.9 Å². The number of carbonyl (C=O) groups is 2. The van der Waals surface area contributed by atoms with Crippen LogP contribution in [0.4, 0.5) is 0 Å². The first kappa shape index (κ1) is 86.0. The number of phosphoric ester groups is 1. The highest BCUT2D eigenvalue weighted by atomic mass is 31.2. The van der Waals surface area contributed by atoms with Gasteiger partial charge in [-0.15, -0.1) is 0 Å². The zero-order valence-electron chi connectivity index (χ0n) is 59.2. The third-order valence-corrected chi connectivity index (χ3v) is 18.3. The zero-order valence-corrected chi connectivity index (χ0v) is 60.1. The monoisotopic (exact) mass is 1260 g/mol. The topological polar surface area (TPSA) is 108 Å². The number of quaternary nitrogens is 1. The van der Waals surface area contributed by atoms with Crippen LogP contribution in [-0.4, -0.2) is 74.9 Å². The minimum absolute atomic E-state index is 0.0342. The van der Waals surface area contributed by atoms with Crippen LogP contribution in [0.2, 0.25) is 0 Å². The molecule has 9 nitrogen and oxygen atoms in total. The fourth-order valence-corrected chi connectivity index (χ4v) is 12.2. The van der Waals surface area contributed by atoms with E-state index >= 15 is 0 Å². The smallest absolute Gasteiger partial charge is 0.462 e. The van der Waals surface area contributed by atoms with Gasteiger partial charge in [-0.1, -0.05) is 345 Å². The van der Waals surface area contributed by atoms with Crippen molar-refractivity contribution in [3.8, 4) is 0 Å². The molecule has 0 rings (SSSR count). The molecule has 0 aliphatic rings. The normalized spacial score (nSPS) is 13.3. The second-order valence-corrected chi connectivity index (χ2v) is 28.8. The van der Waals surface area contributed by atoms with E-state index in [2.05, 4.69) is 62.5 Å². The molecule has 518 valence electrons. The SMILES string of the molecule is CCCCCCC/C=C\C/C=C\C/C=C\CCCCCCCCCCCCCCCCCCCCCCCCC(=O)OC(COC(=O)CCCCCCCCCCCCCCCCC/C=C\CCCCCCCCCC)COP(=O)(O)OCC[N+](C)(C)C. The molecule has 0 radical (unpaired) electrons. The first-order chi connectivity index (χ1) is 43.0. The average molecular weight is 1260 g/mol. The van der Waals surface area contributed by atoms with Crippen LogP contribution < -0.4 is 0 Å². The largest absolute Gasteiger partial charge is 0.472 e. The molecule has 10 heteroatoms. The number of likely N-dealkylation sites (N-methyl/N-ethyl adjacent to an activating group) is 1. The van der Waals surface area contributed by atoms with E-state index in [0.717, 1.165) is 44.9 Å². The summed E-state index contributed by atoms with van der Waals surface area (Å²) >= 11 is 0. The van der Waals surface area contributed by atoms with E-state index < -0.39 is 26.5 Å². The maximum atomic E-state index is 12.9. The molecule has 2 atom stereocenters. The summed E-state index contributed by atoms with van der Waals surface area (Å²) in [5.74, 6) is -0.775. The third kappa shape index (κ3) is 73.0. The average Bonchev–Trinajstić information content (AvgIpc) is 3.68. The second-order valence-electron chi connectivity index (χ2n) is 27.4. The highest BCUT2D eigenvalue weighted by Gasteiger charge is 2.27. The van der Waals surface area contributed by atoms with Crippen molar-refractivity contribution in [1.29, 1.82) is 0 Å². The van der Waals surface area contributed by atoms with Gasteiger partial charge in [-0.05, 0) is 77.0 Å². The van der Waals surface area contributed by atoms with Crippen LogP contribution in [0.25, 0.3) is 0 Å². The van der Waals surface area contributed by atoms with Crippen molar-refractivity contribution < 1.29 is 42.1 Å². The van der Waals surface area contributed by atoms with Gasteiger partial charge in [0.25, 0.3) is 0 Å². The van der Waals surface area contributed by atoms with Crippen LogP contribution in [0, 0.1) is 0 Å². The molecule has 0 aliphatic heterocycles. The Hall–Kier alpha value is -2.03. The summed E-state index contributed by atoms with van der Waals surface area (Å²) in [7, 11) is 1.50. The van der Waals surface area contributed by atoms with Crippen LogP contribution in [0.1, 0.15) is 386 Å². The van der Waals surface area contributed by atoms with Crippen molar-refractivity contribution in [2.45, 2.75) is 392 Å². The number of hydrogen-bond acceptors (Lipinski definition) is 7. The highest BCUT2D eigenvalue weighted by molar-refractivity contribution is 7.47. The van der Waals surface area contributed by atoms with Gasteiger partial charge in [0.1, 0.15) is 19.8 Å². The van der Waals surface area contributed by atoms with Crippen molar-refractivity contribution in [2.24, 2.45) is 0 Å². The molecular weight excluding hydrogens is 1110 g/mol. The highest BCUT2D eigenvalue weighted by Crippen LogP contribution is 2.43. The molecule has 88 heavy (non-hydrogen) atoms. The Morgan fingerprint density at radius 2 is 0.614 bits per heavy atom. The lowest BCUT2D eigenvalue weighted by molar-refractivity contribution is -0.870. The Morgan fingerprint density at radius 1 is 0.352 bits per heavy atom. The molecular formula is C78H149NO8P+. The molecule has 0 aliphatic carbocycles. The maximum absolute atomic E-state index is 12.9. The number of unbranched alkanes of at least 4 members (excludes halogenated alkanes) is 50. The van der Waals surface area contributed by atoms with E-state index in [9.17, 15) is 19.0 Å². The molecule has 0 aromatic heterocycles. The molecule has 0 saturated carbocycles. The quantitative estimate of drug-likeness (QED) is 0.0211. The molecule has 0 spiro atoms. The molecule has 0 aromatic rings. The molecule has 1 N–H and O–H groups in total. The van der Waals surface area contributed by atoms with E-state index in [1.54, 1.807) is 0 Å². The van der Waals surface area contributed by atoms with E-state index in [1.807, 2.05) is 21.1 Å².